The van der Waals surface area contributed by atoms with Gasteiger partial charge in [0.1, 0.15) is 0 Å². The topological polar surface area (TPSA) is 58.5 Å². The fourth-order valence-electron chi connectivity index (χ4n) is 2.16. The molecular weight excluding hydrogens is 274 g/mol. The molecule has 0 spiro atoms. The van der Waals surface area contributed by atoms with E-state index in [0.717, 1.165) is 49.1 Å². The SMILES string of the molecule is CCCSc1ncc(CN2CCOC[C@@H](CO)C2)cn1. The summed E-state index contributed by atoms with van der Waals surface area (Å²) in [5.74, 6) is 1.26. The predicted octanol–water partition coefficient (Wildman–Crippen LogP) is 1.42. The molecule has 2 rings (SSSR count). The van der Waals surface area contributed by atoms with E-state index in [-0.39, 0.29) is 12.5 Å². The van der Waals surface area contributed by atoms with E-state index in [0.29, 0.717) is 6.61 Å². The zero-order valence-electron chi connectivity index (χ0n) is 12.0. The molecule has 6 heteroatoms. The molecule has 0 aromatic carbocycles. The minimum absolute atomic E-state index is 0.180. The Labute approximate surface area is 124 Å². The van der Waals surface area contributed by atoms with Crippen LogP contribution in [0.4, 0.5) is 0 Å². The molecular formula is C14H23N3O2S. The average Bonchev–Trinajstić information content (AvgIpc) is 2.71. The molecule has 112 valence electrons. The first-order valence-corrected chi connectivity index (χ1v) is 8.15. The Balaban J connectivity index is 1.88. The van der Waals surface area contributed by atoms with E-state index in [9.17, 15) is 5.11 Å². The van der Waals surface area contributed by atoms with Gasteiger partial charge in [-0.05, 0) is 6.42 Å². The number of aliphatic hydroxyl groups excluding tert-OH is 1. The van der Waals surface area contributed by atoms with Gasteiger partial charge in [0, 0.05) is 55.9 Å². The van der Waals surface area contributed by atoms with Crippen molar-refractivity contribution in [1.82, 2.24) is 14.9 Å². The summed E-state index contributed by atoms with van der Waals surface area (Å²) in [6.45, 7) is 6.28. The maximum absolute atomic E-state index is 9.28. The van der Waals surface area contributed by atoms with Crippen molar-refractivity contribution >= 4 is 11.8 Å². The second-order valence-corrected chi connectivity index (χ2v) is 6.14. The third-order valence-corrected chi connectivity index (χ3v) is 4.28. The highest BCUT2D eigenvalue weighted by Crippen LogP contribution is 2.14. The Kier molecular flexibility index (Phi) is 6.72. The summed E-state index contributed by atoms with van der Waals surface area (Å²) in [4.78, 5) is 11.1. The van der Waals surface area contributed by atoms with Crippen LogP contribution in [0.15, 0.2) is 17.6 Å². The molecule has 1 aliphatic heterocycles. The molecule has 0 aliphatic carbocycles. The standard InChI is InChI=1S/C14H23N3O2S/c1-2-5-20-14-15-6-12(7-16-14)8-17-3-4-19-11-13(9-17)10-18/h6-7,13,18H,2-5,8-11H2,1H3/t13-/m1/s1. The first-order valence-electron chi connectivity index (χ1n) is 7.16. The van der Waals surface area contributed by atoms with Crippen molar-refractivity contribution in [3.8, 4) is 0 Å². The van der Waals surface area contributed by atoms with Crippen LogP contribution in [-0.2, 0) is 11.3 Å². The van der Waals surface area contributed by atoms with Gasteiger partial charge in [0.15, 0.2) is 5.16 Å². The van der Waals surface area contributed by atoms with Gasteiger partial charge in [0.05, 0.1) is 13.2 Å². The zero-order valence-corrected chi connectivity index (χ0v) is 12.8. The van der Waals surface area contributed by atoms with Gasteiger partial charge in [-0.15, -0.1) is 0 Å². The van der Waals surface area contributed by atoms with E-state index in [2.05, 4.69) is 21.8 Å². The maximum atomic E-state index is 9.28. The Morgan fingerprint density at radius 2 is 2.25 bits per heavy atom. The van der Waals surface area contributed by atoms with Gasteiger partial charge in [-0.3, -0.25) is 4.90 Å². The van der Waals surface area contributed by atoms with Gasteiger partial charge in [0.2, 0.25) is 0 Å². The fourth-order valence-corrected chi connectivity index (χ4v) is 2.80. The molecule has 0 amide bonds. The fraction of sp³-hybridized carbons (Fsp3) is 0.714. The quantitative estimate of drug-likeness (QED) is 0.633. The van der Waals surface area contributed by atoms with Crippen molar-refractivity contribution in [2.75, 3.05) is 38.7 Å². The normalized spacial score (nSPS) is 20.8. The number of ether oxygens (including phenoxy) is 1. The lowest BCUT2D eigenvalue weighted by Crippen LogP contribution is -2.31. The molecule has 0 bridgehead atoms. The van der Waals surface area contributed by atoms with Crippen LogP contribution in [0.2, 0.25) is 0 Å². The lowest BCUT2D eigenvalue weighted by atomic mass is 10.1. The molecule has 1 N–H and O–H groups in total. The van der Waals surface area contributed by atoms with Gasteiger partial charge in [-0.2, -0.15) is 0 Å². The third-order valence-electron chi connectivity index (χ3n) is 3.20. The molecule has 20 heavy (non-hydrogen) atoms. The van der Waals surface area contributed by atoms with E-state index in [1.807, 2.05) is 12.4 Å². The van der Waals surface area contributed by atoms with Crippen LogP contribution in [0.1, 0.15) is 18.9 Å². The smallest absolute Gasteiger partial charge is 0.187 e. The summed E-state index contributed by atoms with van der Waals surface area (Å²) in [7, 11) is 0. The summed E-state index contributed by atoms with van der Waals surface area (Å²) in [6.07, 6.45) is 4.95. The molecule has 1 fully saturated rings. The first kappa shape index (κ1) is 15.7. The second-order valence-electron chi connectivity index (χ2n) is 5.08. The third kappa shape index (κ3) is 5.01. The largest absolute Gasteiger partial charge is 0.396 e. The van der Waals surface area contributed by atoms with E-state index >= 15 is 0 Å². The number of aromatic nitrogens is 2. The monoisotopic (exact) mass is 297 g/mol. The minimum Gasteiger partial charge on any atom is -0.396 e. The van der Waals surface area contributed by atoms with Gasteiger partial charge in [-0.25, -0.2) is 9.97 Å². The summed E-state index contributed by atoms with van der Waals surface area (Å²) < 4.78 is 5.49. The molecule has 2 heterocycles. The molecule has 1 atom stereocenters. The summed E-state index contributed by atoms with van der Waals surface area (Å²) >= 11 is 1.69. The summed E-state index contributed by atoms with van der Waals surface area (Å²) in [6, 6.07) is 0. The van der Waals surface area contributed by atoms with E-state index in [4.69, 9.17) is 4.74 Å². The number of aliphatic hydroxyl groups is 1. The highest BCUT2D eigenvalue weighted by molar-refractivity contribution is 7.99. The van der Waals surface area contributed by atoms with Crippen LogP contribution in [0, 0.1) is 5.92 Å². The Morgan fingerprint density at radius 3 is 2.95 bits per heavy atom. The van der Waals surface area contributed by atoms with Crippen LogP contribution in [0.5, 0.6) is 0 Å². The Bertz CT molecular complexity index is 389. The average molecular weight is 297 g/mol. The Hall–Kier alpha value is -0.690. The maximum Gasteiger partial charge on any atom is 0.187 e. The second kappa shape index (κ2) is 8.56. The van der Waals surface area contributed by atoms with E-state index in [1.54, 1.807) is 11.8 Å². The summed E-state index contributed by atoms with van der Waals surface area (Å²) in [5, 5.41) is 10.1. The molecule has 0 saturated carbocycles. The van der Waals surface area contributed by atoms with Crippen LogP contribution in [0.25, 0.3) is 0 Å². The predicted molar refractivity (Wildman–Crippen MR) is 79.7 cm³/mol. The van der Waals surface area contributed by atoms with Crippen molar-refractivity contribution < 1.29 is 9.84 Å². The number of hydrogen-bond acceptors (Lipinski definition) is 6. The van der Waals surface area contributed by atoms with E-state index in [1.165, 1.54) is 0 Å². The van der Waals surface area contributed by atoms with Gasteiger partial charge in [-0.1, -0.05) is 18.7 Å². The number of rotatable bonds is 6. The minimum atomic E-state index is 0.180. The van der Waals surface area contributed by atoms with Crippen LogP contribution in [-0.4, -0.2) is 58.6 Å². The highest BCUT2D eigenvalue weighted by Gasteiger charge is 2.18. The Morgan fingerprint density at radius 1 is 1.45 bits per heavy atom. The van der Waals surface area contributed by atoms with Gasteiger partial charge in [0.25, 0.3) is 0 Å². The van der Waals surface area contributed by atoms with Crippen LogP contribution >= 0.6 is 11.8 Å². The first-order chi connectivity index (χ1) is 9.81. The highest BCUT2D eigenvalue weighted by atomic mass is 32.2. The molecule has 1 aromatic heterocycles. The lowest BCUT2D eigenvalue weighted by molar-refractivity contribution is 0.0958. The molecule has 5 nitrogen and oxygen atoms in total. The van der Waals surface area contributed by atoms with Gasteiger partial charge < -0.3 is 9.84 Å². The molecule has 1 saturated heterocycles. The number of nitrogens with zero attached hydrogens (tertiary/aromatic N) is 3. The van der Waals surface area contributed by atoms with Crippen molar-refractivity contribution in [1.29, 1.82) is 0 Å². The molecule has 1 aromatic rings. The van der Waals surface area contributed by atoms with Gasteiger partial charge >= 0.3 is 0 Å². The van der Waals surface area contributed by atoms with E-state index < -0.39 is 0 Å². The lowest BCUT2D eigenvalue weighted by Gasteiger charge is -2.21. The van der Waals surface area contributed by atoms with Crippen LogP contribution in [0.3, 0.4) is 0 Å². The van der Waals surface area contributed by atoms with Crippen molar-refractivity contribution in [2.24, 2.45) is 5.92 Å². The number of thioether (sulfide) groups is 1. The molecule has 0 unspecified atom stereocenters. The molecule has 1 aliphatic rings. The zero-order chi connectivity index (χ0) is 14.2. The van der Waals surface area contributed by atoms with Crippen molar-refractivity contribution in [2.45, 2.75) is 25.0 Å². The number of hydrogen-bond donors (Lipinski definition) is 1. The van der Waals surface area contributed by atoms with Crippen LogP contribution < -0.4 is 0 Å². The van der Waals surface area contributed by atoms with Crippen molar-refractivity contribution in [3.05, 3.63) is 18.0 Å². The summed E-state index contributed by atoms with van der Waals surface area (Å²) in [5.41, 5.74) is 1.12. The van der Waals surface area contributed by atoms with Crippen molar-refractivity contribution in [3.63, 3.8) is 0 Å². The molecule has 0 radical (unpaired) electrons.